The van der Waals surface area contributed by atoms with Crippen molar-refractivity contribution in [2.24, 2.45) is 0 Å². The Hall–Kier alpha value is -0.840. The maximum absolute atomic E-state index is 11.5. The lowest BCUT2D eigenvalue weighted by molar-refractivity contribution is -0.138. The van der Waals surface area contributed by atoms with Gasteiger partial charge in [-0.2, -0.15) is 11.8 Å². The van der Waals surface area contributed by atoms with Gasteiger partial charge in [-0.3, -0.25) is 19.3 Å². The molecule has 1 rings (SSSR count). The number of amides is 2. The summed E-state index contributed by atoms with van der Waals surface area (Å²) in [6.45, 7) is 1.70. The van der Waals surface area contributed by atoms with E-state index in [1.807, 2.05) is 6.26 Å². The molecule has 1 unspecified atom stereocenters. The maximum atomic E-state index is 11.5. The molecule has 1 fully saturated rings. The molecule has 0 aromatic carbocycles. The summed E-state index contributed by atoms with van der Waals surface area (Å²) in [5.41, 5.74) is 0. The summed E-state index contributed by atoms with van der Waals surface area (Å²) in [7, 11) is 0. The lowest BCUT2D eigenvalue weighted by atomic mass is 10.3. The summed E-state index contributed by atoms with van der Waals surface area (Å²) >= 11 is 1.39. The molecule has 5 heteroatoms. The van der Waals surface area contributed by atoms with E-state index in [1.165, 1.54) is 23.6 Å². The first-order valence-corrected chi connectivity index (χ1v) is 5.71. The fourth-order valence-corrected chi connectivity index (χ4v) is 1.98. The van der Waals surface area contributed by atoms with Crippen LogP contribution in [0.1, 0.15) is 19.8 Å². The number of thioether (sulfide) groups is 1. The SMILES string of the molecule is CSC1CC(=O)N(CCC(C)=O)C1=O. The van der Waals surface area contributed by atoms with Crippen LogP contribution in [-0.2, 0) is 14.4 Å². The molecule has 0 aliphatic carbocycles. The van der Waals surface area contributed by atoms with E-state index in [9.17, 15) is 14.4 Å². The van der Waals surface area contributed by atoms with Crippen molar-refractivity contribution in [3.8, 4) is 0 Å². The normalized spacial score (nSPS) is 21.9. The first kappa shape index (κ1) is 11.2. The van der Waals surface area contributed by atoms with E-state index in [4.69, 9.17) is 0 Å². The molecule has 0 spiro atoms. The number of hydrogen-bond acceptors (Lipinski definition) is 4. The zero-order chi connectivity index (χ0) is 10.7. The lowest BCUT2D eigenvalue weighted by Crippen LogP contribution is -2.33. The minimum absolute atomic E-state index is 0.00167. The second-order valence-corrected chi connectivity index (χ2v) is 4.30. The van der Waals surface area contributed by atoms with Crippen LogP contribution >= 0.6 is 11.8 Å². The maximum Gasteiger partial charge on any atom is 0.242 e. The second kappa shape index (κ2) is 4.59. The van der Waals surface area contributed by atoms with Gasteiger partial charge >= 0.3 is 0 Å². The van der Waals surface area contributed by atoms with Crippen molar-refractivity contribution in [1.82, 2.24) is 4.90 Å². The molecule has 1 saturated heterocycles. The predicted molar refractivity (Wildman–Crippen MR) is 53.9 cm³/mol. The highest BCUT2D eigenvalue weighted by atomic mass is 32.2. The second-order valence-electron chi connectivity index (χ2n) is 3.26. The number of carbonyl (C=O) groups is 3. The number of ketones is 1. The number of carbonyl (C=O) groups excluding carboxylic acids is 3. The minimum Gasteiger partial charge on any atom is -0.300 e. The Morgan fingerprint density at radius 3 is 2.64 bits per heavy atom. The Balaban J connectivity index is 2.56. The van der Waals surface area contributed by atoms with Gasteiger partial charge in [0.15, 0.2) is 0 Å². The van der Waals surface area contributed by atoms with Crippen LogP contribution in [0.5, 0.6) is 0 Å². The highest BCUT2D eigenvalue weighted by Gasteiger charge is 2.37. The third kappa shape index (κ3) is 2.35. The van der Waals surface area contributed by atoms with Crippen LogP contribution in [0.4, 0.5) is 0 Å². The van der Waals surface area contributed by atoms with E-state index in [1.54, 1.807) is 0 Å². The van der Waals surface area contributed by atoms with Gasteiger partial charge in [-0.05, 0) is 13.2 Å². The average Bonchev–Trinajstić information content (AvgIpc) is 2.39. The van der Waals surface area contributed by atoms with E-state index in [0.717, 1.165) is 0 Å². The standard InChI is InChI=1S/C9H13NO3S/c1-6(11)3-4-10-8(12)5-7(14-2)9(10)13/h7H,3-5H2,1-2H3. The molecule has 1 atom stereocenters. The average molecular weight is 215 g/mol. The largest absolute Gasteiger partial charge is 0.300 e. The van der Waals surface area contributed by atoms with E-state index in [0.29, 0.717) is 0 Å². The molecule has 0 aromatic rings. The third-order valence-corrected chi connectivity index (χ3v) is 3.11. The van der Waals surface area contributed by atoms with Crippen LogP contribution < -0.4 is 0 Å². The molecular formula is C9H13NO3S. The van der Waals surface area contributed by atoms with Gasteiger partial charge in [0.1, 0.15) is 5.78 Å². The van der Waals surface area contributed by atoms with Gasteiger partial charge in [-0.25, -0.2) is 0 Å². The summed E-state index contributed by atoms with van der Waals surface area (Å²) in [4.78, 5) is 34.8. The number of hydrogen-bond donors (Lipinski definition) is 0. The van der Waals surface area contributed by atoms with Gasteiger partial charge in [0.05, 0.1) is 5.25 Å². The van der Waals surface area contributed by atoms with Crippen molar-refractivity contribution in [3.63, 3.8) is 0 Å². The number of rotatable bonds is 4. The highest BCUT2D eigenvalue weighted by molar-refractivity contribution is 8.00. The third-order valence-electron chi connectivity index (χ3n) is 2.17. The molecular weight excluding hydrogens is 202 g/mol. The van der Waals surface area contributed by atoms with E-state index in [-0.39, 0.29) is 42.2 Å². The molecule has 0 N–H and O–H groups in total. The van der Waals surface area contributed by atoms with Gasteiger partial charge in [0, 0.05) is 19.4 Å². The van der Waals surface area contributed by atoms with E-state index < -0.39 is 0 Å². The topological polar surface area (TPSA) is 54.5 Å². The smallest absolute Gasteiger partial charge is 0.242 e. The summed E-state index contributed by atoms with van der Waals surface area (Å²) in [6.07, 6.45) is 2.35. The van der Waals surface area contributed by atoms with Crippen LogP contribution in [0.2, 0.25) is 0 Å². The van der Waals surface area contributed by atoms with Gasteiger partial charge < -0.3 is 0 Å². The zero-order valence-corrected chi connectivity index (χ0v) is 9.10. The highest BCUT2D eigenvalue weighted by Crippen LogP contribution is 2.22. The first-order valence-electron chi connectivity index (χ1n) is 4.42. The molecule has 14 heavy (non-hydrogen) atoms. The predicted octanol–water partition coefficient (Wildman–Crippen LogP) is 0.456. The van der Waals surface area contributed by atoms with E-state index >= 15 is 0 Å². The van der Waals surface area contributed by atoms with Crippen LogP contribution in [-0.4, -0.2) is 40.5 Å². The molecule has 0 aromatic heterocycles. The number of Topliss-reactive ketones (excluding diaryl/α,β-unsaturated/α-hetero) is 1. The number of likely N-dealkylation sites (tertiary alicyclic amines) is 1. The lowest BCUT2D eigenvalue weighted by Gasteiger charge is -2.12. The quantitative estimate of drug-likeness (QED) is 0.639. The fraction of sp³-hybridized carbons (Fsp3) is 0.667. The Bertz CT molecular complexity index is 277. The van der Waals surface area contributed by atoms with Gasteiger partial charge in [-0.1, -0.05) is 0 Å². The van der Waals surface area contributed by atoms with Gasteiger partial charge in [0.25, 0.3) is 0 Å². The van der Waals surface area contributed by atoms with Crippen molar-refractivity contribution in [2.45, 2.75) is 25.0 Å². The van der Waals surface area contributed by atoms with Gasteiger partial charge in [0.2, 0.25) is 11.8 Å². The van der Waals surface area contributed by atoms with Crippen molar-refractivity contribution >= 4 is 29.4 Å². The summed E-state index contributed by atoms with van der Waals surface area (Å²) < 4.78 is 0. The molecule has 4 nitrogen and oxygen atoms in total. The molecule has 78 valence electrons. The molecule has 0 saturated carbocycles. The van der Waals surface area contributed by atoms with E-state index in [2.05, 4.69) is 0 Å². The molecule has 2 amide bonds. The summed E-state index contributed by atoms with van der Waals surface area (Å²) in [6, 6.07) is 0. The van der Waals surface area contributed by atoms with Crippen molar-refractivity contribution in [2.75, 3.05) is 12.8 Å². The summed E-state index contributed by atoms with van der Waals surface area (Å²) in [5.74, 6) is -0.308. The number of imide groups is 1. The van der Waals surface area contributed by atoms with Crippen molar-refractivity contribution < 1.29 is 14.4 Å². The Labute approximate surface area is 87.0 Å². The van der Waals surface area contributed by atoms with Crippen molar-refractivity contribution in [3.05, 3.63) is 0 Å². The Morgan fingerprint density at radius 2 is 2.21 bits per heavy atom. The number of nitrogens with zero attached hydrogens (tertiary/aromatic N) is 1. The fourth-order valence-electron chi connectivity index (χ4n) is 1.34. The van der Waals surface area contributed by atoms with Crippen LogP contribution in [0.15, 0.2) is 0 Å². The Morgan fingerprint density at radius 1 is 1.57 bits per heavy atom. The van der Waals surface area contributed by atoms with Gasteiger partial charge in [-0.15, -0.1) is 0 Å². The first-order chi connectivity index (χ1) is 6.56. The molecule has 1 aliphatic rings. The molecule has 1 aliphatic heterocycles. The van der Waals surface area contributed by atoms with Crippen molar-refractivity contribution in [1.29, 1.82) is 0 Å². The zero-order valence-electron chi connectivity index (χ0n) is 8.28. The monoisotopic (exact) mass is 215 g/mol. The van der Waals surface area contributed by atoms with Crippen LogP contribution in [0, 0.1) is 0 Å². The molecule has 0 bridgehead atoms. The molecule has 1 heterocycles. The van der Waals surface area contributed by atoms with Crippen LogP contribution in [0.3, 0.4) is 0 Å². The minimum atomic E-state index is -0.241. The Kier molecular flexibility index (Phi) is 3.69. The summed E-state index contributed by atoms with van der Waals surface area (Å²) in [5, 5.41) is -0.241. The van der Waals surface area contributed by atoms with Crippen LogP contribution in [0.25, 0.3) is 0 Å². The molecule has 0 radical (unpaired) electrons.